The van der Waals surface area contributed by atoms with Crippen LogP contribution in [0.2, 0.25) is 30.7 Å². The summed E-state index contributed by atoms with van der Waals surface area (Å²) in [7, 11) is -7.64. The Balaban J connectivity index is 1.41. The van der Waals surface area contributed by atoms with Crippen LogP contribution in [0.15, 0.2) is 162 Å². The number of hydrogen-bond acceptors (Lipinski definition) is 7. The minimum absolute atomic E-state index is 0.0414. The van der Waals surface area contributed by atoms with Crippen molar-refractivity contribution in [2.75, 3.05) is 32.6 Å². The topological polar surface area (TPSA) is 80.3 Å². The molecule has 0 radical (unpaired) electrons. The largest absolute Gasteiger partial charge is 0.403 e. The molecule has 5 atom stereocenters. The van der Waals surface area contributed by atoms with Crippen LogP contribution in [0.4, 0.5) is 0 Å². The van der Waals surface area contributed by atoms with E-state index in [2.05, 4.69) is 141 Å². The van der Waals surface area contributed by atoms with Crippen LogP contribution in [0.5, 0.6) is 0 Å². The highest BCUT2D eigenvalue weighted by atomic mass is 32.2. The second kappa shape index (κ2) is 24.0. The van der Waals surface area contributed by atoms with Crippen molar-refractivity contribution in [1.82, 2.24) is 0 Å². The lowest BCUT2D eigenvalue weighted by molar-refractivity contribution is -0.154. The third-order valence-corrected chi connectivity index (χ3v) is 22.0. The Labute approximate surface area is 400 Å². The molecule has 0 aliphatic heterocycles. The molecule has 7 nitrogen and oxygen atoms in total. The lowest BCUT2D eigenvalue weighted by atomic mass is 9.60. The first-order valence-electron chi connectivity index (χ1n) is 23.7. The Morgan fingerprint density at radius 2 is 1.38 bits per heavy atom. The maximum Gasteiger partial charge on any atom is 0.261 e. The minimum Gasteiger partial charge on any atom is -0.403 e. The summed E-state index contributed by atoms with van der Waals surface area (Å²) in [6, 6.07) is 41.4. The zero-order valence-electron chi connectivity index (χ0n) is 41.6. The molecule has 4 aromatic carbocycles. The summed E-state index contributed by atoms with van der Waals surface area (Å²) in [5.41, 5.74) is 3.43. The zero-order chi connectivity index (χ0) is 48.0. The average molecular weight is 951 g/mol. The van der Waals surface area contributed by atoms with Crippen LogP contribution in [0.25, 0.3) is 0 Å². The lowest BCUT2D eigenvalue weighted by Gasteiger charge is -2.50. The highest BCUT2D eigenvalue weighted by Crippen LogP contribution is 2.51. The molecule has 10 heteroatoms. The summed E-state index contributed by atoms with van der Waals surface area (Å²) >= 11 is 0. The molecule has 1 aliphatic carbocycles. The highest BCUT2D eigenvalue weighted by Gasteiger charge is 2.52. The number of allylic oxidation sites excluding steroid dienone is 2. The van der Waals surface area contributed by atoms with Crippen molar-refractivity contribution in [3.8, 4) is 0 Å². The Morgan fingerprint density at radius 1 is 0.818 bits per heavy atom. The molecule has 358 valence electrons. The van der Waals surface area contributed by atoms with Crippen LogP contribution in [0.3, 0.4) is 0 Å². The van der Waals surface area contributed by atoms with E-state index in [1.165, 1.54) is 15.9 Å². The third kappa shape index (κ3) is 14.4. The predicted molar refractivity (Wildman–Crippen MR) is 278 cm³/mol. The average Bonchev–Trinajstić information content (AvgIpc) is 3.27. The van der Waals surface area contributed by atoms with Gasteiger partial charge in [0.05, 0.1) is 36.1 Å². The zero-order valence-corrected chi connectivity index (χ0v) is 44.4. The van der Waals surface area contributed by atoms with Gasteiger partial charge in [-0.25, -0.2) is 8.42 Å². The Bertz CT molecular complexity index is 2230. The second-order valence-electron chi connectivity index (χ2n) is 20.9. The van der Waals surface area contributed by atoms with Crippen molar-refractivity contribution in [2.24, 2.45) is 17.3 Å². The molecule has 1 aliphatic rings. The van der Waals surface area contributed by atoms with Gasteiger partial charge in [-0.15, -0.1) is 0 Å². The fraction of sp³-hybridized carbons (Fsp3) is 0.464. The predicted octanol–water partition coefficient (Wildman–Crippen LogP) is 12.2. The molecule has 5 rings (SSSR count). The molecule has 0 N–H and O–H groups in total. The number of sulfone groups is 1. The molecule has 0 bridgehead atoms. The second-order valence-corrected chi connectivity index (χ2v) is 32.8. The molecule has 1 saturated carbocycles. The molecule has 0 unspecified atom stereocenters. The first kappa shape index (κ1) is 53.2. The Kier molecular flexibility index (Phi) is 19.4. The van der Waals surface area contributed by atoms with Gasteiger partial charge in [0, 0.05) is 26.0 Å². The van der Waals surface area contributed by atoms with E-state index in [0.717, 1.165) is 35.6 Å². The third-order valence-electron chi connectivity index (χ3n) is 13.4. The van der Waals surface area contributed by atoms with Crippen molar-refractivity contribution in [3.63, 3.8) is 0 Å². The van der Waals surface area contributed by atoms with Gasteiger partial charge in [0.25, 0.3) is 8.32 Å². The number of benzene rings is 4. The van der Waals surface area contributed by atoms with Gasteiger partial charge in [-0.1, -0.05) is 199 Å². The van der Waals surface area contributed by atoms with Crippen LogP contribution in [-0.4, -0.2) is 69.6 Å². The van der Waals surface area contributed by atoms with Crippen LogP contribution >= 0.6 is 0 Å². The normalized spacial score (nSPS) is 20.6. The highest BCUT2D eigenvalue weighted by molar-refractivity contribution is 7.91. The van der Waals surface area contributed by atoms with E-state index in [4.69, 9.17) is 30.0 Å². The fourth-order valence-corrected chi connectivity index (χ4v) is 16.6. The van der Waals surface area contributed by atoms with Gasteiger partial charge < -0.3 is 23.4 Å². The smallest absolute Gasteiger partial charge is 0.261 e. The van der Waals surface area contributed by atoms with E-state index in [-0.39, 0.29) is 42.3 Å². The molecular weight excluding hydrogens is 873 g/mol. The van der Waals surface area contributed by atoms with Crippen molar-refractivity contribution in [1.29, 1.82) is 0 Å². The van der Waals surface area contributed by atoms with Gasteiger partial charge in [0.2, 0.25) is 0 Å². The first-order chi connectivity index (χ1) is 31.3. The summed E-state index contributed by atoms with van der Waals surface area (Å²) in [5, 5.41) is 2.42. The maximum absolute atomic E-state index is 14.1. The van der Waals surface area contributed by atoms with Crippen LogP contribution in [0, 0.1) is 17.3 Å². The molecule has 0 spiro atoms. The van der Waals surface area contributed by atoms with E-state index in [1.807, 2.05) is 36.4 Å². The van der Waals surface area contributed by atoms with Crippen molar-refractivity contribution >= 4 is 36.6 Å². The van der Waals surface area contributed by atoms with Crippen molar-refractivity contribution < 1.29 is 31.8 Å². The molecule has 0 saturated heterocycles. The number of hydrogen-bond donors (Lipinski definition) is 0. The molecule has 1 fully saturated rings. The van der Waals surface area contributed by atoms with Gasteiger partial charge in [-0.2, -0.15) is 0 Å². The van der Waals surface area contributed by atoms with Crippen LogP contribution in [0.1, 0.15) is 73.3 Å². The summed E-state index contributed by atoms with van der Waals surface area (Å²) in [6.45, 7) is 28.9. The molecule has 4 aromatic rings. The Morgan fingerprint density at radius 3 is 1.94 bits per heavy atom. The molecular formula is C56H78O7SSi2. The van der Waals surface area contributed by atoms with Crippen molar-refractivity contribution in [3.05, 3.63) is 162 Å². The Hall–Kier alpha value is -3.72. The van der Waals surface area contributed by atoms with Gasteiger partial charge in [0.15, 0.2) is 9.84 Å². The number of ether oxygens (including phenoxy) is 4. The quantitative estimate of drug-likeness (QED) is 0.0300. The van der Waals surface area contributed by atoms with E-state index in [1.54, 1.807) is 24.3 Å². The SMILES string of the molecule is C=C1[C@H]([C@H](/C=C(\C)CC/C=C(\C)CO[Si](c2ccccc2)(c2ccccc2)C(C)(C)C)OCOCc2ccccc2)[C@@H](OCOCC[Si](C)(C)C)C[C@@H](C)[C@]1(C)CS(=O)(=O)c1ccccc1. The molecule has 0 aromatic heterocycles. The standard InChI is InChI=1S/C56H78O7SSi2/c1-44(25-24-26-45(2)39-63-66(55(5,6)7,50-31-20-14-21-32-50)51-33-22-15-23-34-51)37-52(62-43-60-40-48-27-16-12-17-28-48)54-47(4)56(8,41-64(57,58)49-29-18-13-19-30-49)46(3)38-53(54)61-42-59-35-36-65(9,10)11/h12-23,26-34,37,46,52-54H,4,24-25,35-36,38-43H2,1-3,5-11H3/b44-37+,45-26+/t46-,52+,53+,54-,56+/m1/s1. The summed E-state index contributed by atoms with van der Waals surface area (Å²) in [6.07, 6.45) is 5.88. The van der Waals surface area contributed by atoms with Crippen LogP contribution in [-0.2, 0) is 39.8 Å². The first-order valence-corrected chi connectivity index (χ1v) is 31.0. The maximum atomic E-state index is 14.1. The summed E-state index contributed by atoms with van der Waals surface area (Å²) in [4.78, 5) is 0.315. The van der Waals surface area contributed by atoms with E-state index in [0.29, 0.717) is 31.1 Å². The molecule has 0 heterocycles. The van der Waals surface area contributed by atoms with Crippen molar-refractivity contribution in [2.45, 2.75) is 122 Å². The number of rotatable bonds is 24. The summed E-state index contributed by atoms with van der Waals surface area (Å²) in [5.74, 6) is -0.490. The van der Waals surface area contributed by atoms with E-state index < -0.39 is 37.7 Å². The van der Waals surface area contributed by atoms with Crippen LogP contribution < -0.4 is 10.4 Å². The minimum atomic E-state index is -3.66. The lowest BCUT2D eigenvalue weighted by Crippen LogP contribution is -2.66. The fourth-order valence-electron chi connectivity index (χ4n) is 9.24. The van der Waals surface area contributed by atoms with E-state index in [9.17, 15) is 8.42 Å². The monoisotopic (exact) mass is 951 g/mol. The summed E-state index contributed by atoms with van der Waals surface area (Å²) < 4.78 is 61.1. The van der Waals surface area contributed by atoms with Gasteiger partial charge in [-0.3, -0.25) is 0 Å². The van der Waals surface area contributed by atoms with E-state index >= 15 is 0 Å². The molecule has 0 amide bonds. The molecule has 66 heavy (non-hydrogen) atoms. The van der Waals surface area contributed by atoms with Gasteiger partial charge >= 0.3 is 0 Å². The van der Waals surface area contributed by atoms with Gasteiger partial charge in [-0.05, 0) is 78.2 Å². The van der Waals surface area contributed by atoms with Gasteiger partial charge in [0.1, 0.15) is 13.6 Å².